The number of nitrogens with zero attached hydrogens (tertiary/aromatic N) is 2. The SMILES string of the molecule is CN1CCN(CCCCC[C@H](O)CCCC(C)(C)C)CC1. The van der Waals surface area contributed by atoms with E-state index in [0.717, 1.165) is 19.3 Å². The highest BCUT2D eigenvalue weighted by Gasteiger charge is 2.13. The van der Waals surface area contributed by atoms with Crippen LogP contribution in [0.5, 0.6) is 0 Å². The molecule has 1 heterocycles. The highest BCUT2D eigenvalue weighted by molar-refractivity contribution is 4.69. The predicted molar refractivity (Wildman–Crippen MR) is 91.7 cm³/mol. The Kier molecular flexibility index (Phi) is 8.84. The lowest BCUT2D eigenvalue weighted by molar-refractivity contribution is 0.138. The third-order valence-corrected chi connectivity index (χ3v) is 4.57. The van der Waals surface area contributed by atoms with Crippen molar-refractivity contribution in [3.05, 3.63) is 0 Å². The summed E-state index contributed by atoms with van der Waals surface area (Å²) < 4.78 is 0. The Hall–Kier alpha value is -0.120. The summed E-state index contributed by atoms with van der Waals surface area (Å²) in [6.07, 6.45) is 8.02. The highest BCUT2D eigenvalue weighted by Crippen LogP contribution is 2.22. The topological polar surface area (TPSA) is 26.7 Å². The fraction of sp³-hybridized carbons (Fsp3) is 1.00. The summed E-state index contributed by atoms with van der Waals surface area (Å²) in [5, 5.41) is 10.0. The summed E-state index contributed by atoms with van der Waals surface area (Å²) in [6, 6.07) is 0. The monoisotopic (exact) mass is 298 g/mol. The molecule has 0 aliphatic carbocycles. The zero-order valence-corrected chi connectivity index (χ0v) is 14.9. The first-order chi connectivity index (χ1) is 9.87. The third-order valence-electron chi connectivity index (χ3n) is 4.57. The van der Waals surface area contributed by atoms with E-state index in [1.807, 2.05) is 0 Å². The molecule has 0 spiro atoms. The average molecular weight is 299 g/mol. The quantitative estimate of drug-likeness (QED) is 0.661. The van der Waals surface area contributed by atoms with Gasteiger partial charge in [-0.15, -0.1) is 0 Å². The predicted octanol–water partition coefficient (Wildman–Crippen LogP) is 3.37. The molecule has 1 fully saturated rings. The minimum Gasteiger partial charge on any atom is -0.393 e. The molecule has 0 aromatic carbocycles. The van der Waals surface area contributed by atoms with E-state index < -0.39 is 0 Å². The van der Waals surface area contributed by atoms with E-state index in [2.05, 4.69) is 37.6 Å². The molecule has 1 atom stereocenters. The first-order valence-corrected chi connectivity index (χ1v) is 8.96. The number of unbranched alkanes of at least 4 members (excludes halogenated alkanes) is 2. The van der Waals surface area contributed by atoms with Crippen LogP contribution in [0.1, 0.15) is 65.7 Å². The van der Waals surface area contributed by atoms with Crippen molar-refractivity contribution in [1.29, 1.82) is 0 Å². The van der Waals surface area contributed by atoms with Gasteiger partial charge in [0.1, 0.15) is 0 Å². The molecule has 1 rings (SSSR count). The average Bonchev–Trinajstić information content (AvgIpc) is 2.39. The fourth-order valence-electron chi connectivity index (χ4n) is 2.98. The summed E-state index contributed by atoms with van der Waals surface area (Å²) in [7, 11) is 2.21. The van der Waals surface area contributed by atoms with E-state index in [-0.39, 0.29) is 6.10 Å². The molecule has 0 aromatic heterocycles. The largest absolute Gasteiger partial charge is 0.393 e. The molecule has 0 unspecified atom stereocenters. The van der Waals surface area contributed by atoms with Crippen LogP contribution in [0, 0.1) is 5.41 Å². The van der Waals surface area contributed by atoms with Crippen LogP contribution < -0.4 is 0 Å². The molecule has 0 amide bonds. The van der Waals surface area contributed by atoms with Crippen molar-refractivity contribution in [2.45, 2.75) is 71.8 Å². The summed E-state index contributed by atoms with van der Waals surface area (Å²) in [5.74, 6) is 0. The van der Waals surface area contributed by atoms with Gasteiger partial charge < -0.3 is 14.9 Å². The smallest absolute Gasteiger partial charge is 0.0540 e. The molecule has 0 bridgehead atoms. The van der Waals surface area contributed by atoms with Crippen LogP contribution in [0.15, 0.2) is 0 Å². The zero-order valence-electron chi connectivity index (χ0n) is 14.9. The van der Waals surface area contributed by atoms with Crippen LogP contribution >= 0.6 is 0 Å². The highest BCUT2D eigenvalue weighted by atomic mass is 16.3. The lowest BCUT2D eigenvalue weighted by atomic mass is 9.89. The maximum Gasteiger partial charge on any atom is 0.0540 e. The fourth-order valence-corrected chi connectivity index (χ4v) is 2.98. The summed E-state index contributed by atoms with van der Waals surface area (Å²) in [5.41, 5.74) is 0.405. The number of piperazine rings is 1. The van der Waals surface area contributed by atoms with Gasteiger partial charge in [0, 0.05) is 26.2 Å². The van der Waals surface area contributed by atoms with E-state index in [0.29, 0.717) is 5.41 Å². The van der Waals surface area contributed by atoms with Gasteiger partial charge in [0.15, 0.2) is 0 Å². The molecule has 3 nitrogen and oxygen atoms in total. The Morgan fingerprint density at radius 1 is 0.905 bits per heavy atom. The van der Waals surface area contributed by atoms with Crippen LogP contribution in [0.2, 0.25) is 0 Å². The van der Waals surface area contributed by atoms with Crippen molar-refractivity contribution in [3.8, 4) is 0 Å². The minimum absolute atomic E-state index is 0.0732. The Balaban J connectivity index is 1.91. The van der Waals surface area contributed by atoms with E-state index in [4.69, 9.17) is 0 Å². The lowest BCUT2D eigenvalue weighted by Gasteiger charge is -2.32. The molecule has 1 aliphatic heterocycles. The summed E-state index contributed by atoms with van der Waals surface area (Å²) in [4.78, 5) is 4.99. The number of aliphatic hydroxyl groups is 1. The van der Waals surface area contributed by atoms with Gasteiger partial charge in [0.25, 0.3) is 0 Å². The number of hydrogen-bond acceptors (Lipinski definition) is 3. The van der Waals surface area contributed by atoms with Crippen LogP contribution in [0.4, 0.5) is 0 Å². The van der Waals surface area contributed by atoms with E-state index in [9.17, 15) is 5.11 Å². The van der Waals surface area contributed by atoms with E-state index >= 15 is 0 Å². The van der Waals surface area contributed by atoms with Crippen molar-refractivity contribution in [1.82, 2.24) is 9.80 Å². The van der Waals surface area contributed by atoms with Crippen molar-refractivity contribution in [2.24, 2.45) is 5.41 Å². The molecule has 0 aromatic rings. The molecule has 0 radical (unpaired) electrons. The third kappa shape index (κ3) is 10.3. The minimum atomic E-state index is -0.0732. The molecule has 0 saturated carbocycles. The van der Waals surface area contributed by atoms with Crippen molar-refractivity contribution >= 4 is 0 Å². The lowest BCUT2D eigenvalue weighted by Crippen LogP contribution is -2.44. The van der Waals surface area contributed by atoms with Gasteiger partial charge in [0.2, 0.25) is 0 Å². The van der Waals surface area contributed by atoms with Crippen LogP contribution in [-0.4, -0.2) is 60.8 Å². The number of aliphatic hydroxyl groups excluding tert-OH is 1. The molecular formula is C18H38N2O. The molecule has 3 heteroatoms. The second-order valence-electron chi connectivity index (χ2n) is 8.10. The van der Waals surface area contributed by atoms with Crippen LogP contribution in [0.25, 0.3) is 0 Å². The molecule has 126 valence electrons. The maximum atomic E-state index is 10.0. The normalized spacial score (nSPS) is 19.9. The van der Waals surface area contributed by atoms with Crippen molar-refractivity contribution < 1.29 is 5.11 Å². The van der Waals surface area contributed by atoms with E-state index in [1.165, 1.54) is 58.4 Å². The van der Waals surface area contributed by atoms with Crippen molar-refractivity contribution in [2.75, 3.05) is 39.8 Å². The molecule has 1 aliphatic rings. The van der Waals surface area contributed by atoms with Gasteiger partial charge >= 0.3 is 0 Å². The number of hydrogen-bond donors (Lipinski definition) is 1. The Labute approximate surface area is 132 Å². The van der Waals surface area contributed by atoms with Gasteiger partial charge in [0.05, 0.1) is 6.10 Å². The van der Waals surface area contributed by atoms with Gasteiger partial charge in [-0.25, -0.2) is 0 Å². The Morgan fingerprint density at radius 2 is 1.52 bits per heavy atom. The van der Waals surface area contributed by atoms with Gasteiger partial charge in [-0.3, -0.25) is 0 Å². The number of likely N-dealkylation sites (N-methyl/N-ethyl adjacent to an activating group) is 1. The molecule has 1 N–H and O–H groups in total. The first-order valence-electron chi connectivity index (χ1n) is 8.96. The van der Waals surface area contributed by atoms with Gasteiger partial charge in [-0.1, -0.05) is 40.0 Å². The number of rotatable bonds is 9. The second-order valence-corrected chi connectivity index (χ2v) is 8.10. The van der Waals surface area contributed by atoms with Gasteiger partial charge in [-0.2, -0.15) is 0 Å². The second kappa shape index (κ2) is 9.81. The van der Waals surface area contributed by atoms with Gasteiger partial charge in [-0.05, 0) is 44.7 Å². The van der Waals surface area contributed by atoms with E-state index in [1.54, 1.807) is 0 Å². The Morgan fingerprint density at radius 3 is 2.14 bits per heavy atom. The molecule has 21 heavy (non-hydrogen) atoms. The Bertz CT molecular complexity index is 254. The maximum absolute atomic E-state index is 10.0. The standard InChI is InChI=1S/C18H38N2O/c1-18(2,3)11-8-10-17(21)9-6-5-7-12-20-15-13-19(4)14-16-20/h17,21H,5-16H2,1-4H3/t17-/m0/s1. The molecule has 1 saturated heterocycles. The summed E-state index contributed by atoms with van der Waals surface area (Å²) >= 11 is 0. The molecular weight excluding hydrogens is 260 g/mol. The van der Waals surface area contributed by atoms with Crippen molar-refractivity contribution in [3.63, 3.8) is 0 Å². The first kappa shape index (κ1) is 18.9. The summed E-state index contributed by atoms with van der Waals surface area (Å²) in [6.45, 7) is 13.0. The van der Waals surface area contributed by atoms with Crippen LogP contribution in [0.3, 0.4) is 0 Å². The van der Waals surface area contributed by atoms with Crippen LogP contribution in [-0.2, 0) is 0 Å². The zero-order chi connectivity index (χ0) is 15.7.